The van der Waals surface area contributed by atoms with Crippen LogP contribution in [0.4, 0.5) is 0 Å². The number of amides is 2. The molecule has 4 aliphatic rings. The van der Waals surface area contributed by atoms with Crippen molar-refractivity contribution in [3.05, 3.63) is 0 Å². The highest BCUT2D eigenvalue weighted by Crippen LogP contribution is 2.44. The number of hydrogen-bond acceptors (Lipinski definition) is 4. The second-order valence-corrected chi connectivity index (χ2v) is 12.8. The topological polar surface area (TPSA) is 86.8 Å². The molecule has 1 aliphatic heterocycles. The van der Waals surface area contributed by atoms with Gasteiger partial charge in [0.1, 0.15) is 0 Å². The van der Waals surface area contributed by atoms with Gasteiger partial charge in [-0.05, 0) is 83.5 Å². The number of hydrogen-bond donors (Lipinski definition) is 1. The van der Waals surface area contributed by atoms with Gasteiger partial charge in [-0.1, -0.05) is 6.42 Å². The quantitative estimate of drug-likeness (QED) is 0.674. The molecule has 3 aliphatic carbocycles. The van der Waals surface area contributed by atoms with Crippen LogP contribution in [-0.4, -0.2) is 66.5 Å². The molecular weight excluding hydrogens is 426 g/mol. The first-order valence-electron chi connectivity index (χ1n) is 12.8. The van der Waals surface area contributed by atoms with Crippen LogP contribution in [0.25, 0.3) is 0 Å². The zero-order valence-electron chi connectivity index (χ0n) is 20.0. The first kappa shape index (κ1) is 24.0. The van der Waals surface area contributed by atoms with Gasteiger partial charge in [-0.25, -0.2) is 13.1 Å². The van der Waals surface area contributed by atoms with Crippen LogP contribution in [0.3, 0.4) is 0 Å². The van der Waals surface area contributed by atoms with Crippen molar-refractivity contribution < 1.29 is 18.0 Å². The molecule has 3 saturated carbocycles. The summed E-state index contributed by atoms with van der Waals surface area (Å²) < 4.78 is 26.7. The monoisotopic (exact) mass is 467 g/mol. The molecule has 2 amide bonds. The Bertz CT molecular complexity index is 804. The predicted molar refractivity (Wildman–Crippen MR) is 124 cm³/mol. The van der Waals surface area contributed by atoms with Crippen LogP contribution in [0.2, 0.25) is 0 Å². The van der Waals surface area contributed by atoms with Crippen LogP contribution in [0.1, 0.15) is 85.0 Å². The molecule has 8 heteroatoms. The molecule has 0 aromatic heterocycles. The fraction of sp³-hybridized carbons (Fsp3) is 0.917. The smallest absolute Gasteiger partial charge is 0.226 e. The van der Waals surface area contributed by atoms with E-state index in [1.165, 1.54) is 0 Å². The second kappa shape index (κ2) is 9.61. The van der Waals surface area contributed by atoms with E-state index in [0.717, 1.165) is 64.2 Å². The van der Waals surface area contributed by atoms with Crippen molar-refractivity contribution in [2.45, 2.75) is 109 Å². The van der Waals surface area contributed by atoms with Crippen molar-refractivity contribution in [3.8, 4) is 0 Å². The number of nitrogens with one attached hydrogen (secondary N) is 1. The number of sulfonamides is 1. The Morgan fingerprint density at radius 1 is 0.938 bits per heavy atom. The summed E-state index contributed by atoms with van der Waals surface area (Å²) in [5.74, 6) is 1.91. The predicted octanol–water partition coefficient (Wildman–Crippen LogP) is 2.90. The number of carbonyl (C=O) groups is 2. The third kappa shape index (κ3) is 4.86. The number of piperazine rings is 1. The SMILES string of the molecule is CCS(=O)(=O)NC1CCC(C2CCC3C(C2)N(C(=O)C2CCC2)C[C@H](C)N3C(C)=O)CC1. The lowest BCUT2D eigenvalue weighted by atomic mass is 9.68. The lowest BCUT2D eigenvalue weighted by molar-refractivity contribution is -0.159. The average Bonchev–Trinajstić information content (AvgIpc) is 2.71. The maximum absolute atomic E-state index is 13.3. The zero-order chi connectivity index (χ0) is 23.0. The summed E-state index contributed by atoms with van der Waals surface area (Å²) >= 11 is 0. The maximum atomic E-state index is 13.3. The van der Waals surface area contributed by atoms with Crippen LogP contribution < -0.4 is 4.72 Å². The average molecular weight is 468 g/mol. The largest absolute Gasteiger partial charge is 0.335 e. The first-order valence-corrected chi connectivity index (χ1v) is 14.4. The Labute approximate surface area is 193 Å². The molecule has 4 atom stereocenters. The highest BCUT2D eigenvalue weighted by molar-refractivity contribution is 7.89. The molecule has 1 heterocycles. The molecule has 7 nitrogen and oxygen atoms in total. The van der Waals surface area contributed by atoms with Gasteiger partial charge in [0.25, 0.3) is 0 Å². The molecule has 3 unspecified atom stereocenters. The van der Waals surface area contributed by atoms with E-state index in [2.05, 4.69) is 21.4 Å². The Morgan fingerprint density at radius 3 is 2.16 bits per heavy atom. The molecule has 4 rings (SSSR count). The van der Waals surface area contributed by atoms with Gasteiger partial charge in [0.2, 0.25) is 21.8 Å². The van der Waals surface area contributed by atoms with Gasteiger partial charge in [0.15, 0.2) is 0 Å². The van der Waals surface area contributed by atoms with Gasteiger partial charge in [-0.15, -0.1) is 0 Å². The van der Waals surface area contributed by atoms with E-state index >= 15 is 0 Å². The second-order valence-electron chi connectivity index (χ2n) is 10.7. The summed E-state index contributed by atoms with van der Waals surface area (Å²) in [6, 6.07) is 0.423. The minimum Gasteiger partial charge on any atom is -0.335 e. The molecular formula is C24H41N3O4S. The Balaban J connectivity index is 1.43. The number of rotatable bonds is 5. The van der Waals surface area contributed by atoms with Crippen molar-refractivity contribution in [1.82, 2.24) is 14.5 Å². The van der Waals surface area contributed by atoms with Crippen LogP contribution in [-0.2, 0) is 19.6 Å². The zero-order valence-corrected chi connectivity index (χ0v) is 20.8. The molecule has 4 fully saturated rings. The summed E-state index contributed by atoms with van der Waals surface area (Å²) in [7, 11) is -3.15. The standard InChI is InChI=1S/C24H41N3O4S/c1-4-32(30,31)25-21-11-8-18(9-12-21)20-10-13-22-23(14-20)26(24(29)19-6-5-7-19)15-16(2)27(22)17(3)28/h16,18-23,25H,4-15H2,1-3H3/t16-,18?,20?,21?,22?,23?/m0/s1. The van der Waals surface area contributed by atoms with Crippen LogP contribution in [0.5, 0.6) is 0 Å². The molecule has 0 radical (unpaired) electrons. The van der Waals surface area contributed by atoms with Crippen molar-refractivity contribution in [2.24, 2.45) is 17.8 Å². The van der Waals surface area contributed by atoms with Gasteiger partial charge in [0, 0.05) is 31.5 Å². The van der Waals surface area contributed by atoms with Gasteiger partial charge in [-0.2, -0.15) is 0 Å². The van der Waals surface area contributed by atoms with Gasteiger partial charge in [0.05, 0.1) is 17.8 Å². The van der Waals surface area contributed by atoms with E-state index < -0.39 is 10.0 Å². The normalized spacial score (nSPS) is 36.3. The van der Waals surface area contributed by atoms with E-state index in [4.69, 9.17) is 0 Å². The number of carbonyl (C=O) groups excluding carboxylic acids is 2. The van der Waals surface area contributed by atoms with Crippen LogP contribution >= 0.6 is 0 Å². The van der Waals surface area contributed by atoms with E-state index in [1.54, 1.807) is 13.8 Å². The summed E-state index contributed by atoms with van der Waals surface area (Å²) in [6.45, 7) is 6.10. The van der Waals surface area contributed by atoms with E-state index in [-0.39, 0.29) is 41.7 Å². The molecule has 32 heavy (non-hydrogen) atoms. The lowest BCUT2D eigenvalue weighted by Gasteiger charge is -2.55. The third-order valence-electron chi connectivity index (χ3n) is 8.78. The first-order chi connectivity index (χ1) is 15.2. The molecule has 0 spiro atoms. The summed E-state index contributed by atoms with van der Waals surface area (Å²) in [5, 5.41) is 0. The van der Waals surface area contributed by atoms with Crippen LogP contribution in [0.15, 0.2) is 0 Å². The fourth-order valence-corrected chi connectivity index (χ4v) is 7.73. The summed E-state index contributed by atoms with van der Waals surface area (Å²) in [4.78, 5) is 30.0. The minimum atomic E-state index is -3.15. The highest BCUT2D eigenvalue weighted by atomic mass is 32.2. The molecule has 0 aromatic rings. The highest BCUT2D eigenvalue weighted by Gasteiger charge is 2.48. The van der Waals surface area contributed by atoms with Crippen molar-refractivity contribution in [1.29, 1.82) is 0 Å². The van der Waals surface area contributed by atoms with Crippen molar-refractivity contribution in [3.63, 3.8) is 0 Å². The number of fused-ring (bicyclic) bond motifs is 1. The summed E-state index contributed by atoms with van der Waals surface area (Å²) in [5.41, 5.74) is 0. The van der Waals surface area contributed by atoms with Crippen LogP contribution in [0, 0.1) is 17.8 Å². The lowest BCUT2D eigenvalue weighted by Crippen LogP contribution is -2.67. The van der Waals surface area contributed by atoms with Gasteiger partial charge < -0.3 is 9.80 Å². The molecule has 0 bridgehead atoms. The molecule has 1 N–H and O–H groups in total. The Morgan fingerprint density at radius 2 is 1.59 bits per heavy atom. The third-order valence-corrected chi connectivity index (χ3v) is 10.2. The molecule has 182 valence electrons. The van der Waals surface area contributed by atoms with Gasteiger partial charge >= 0.3 is 0 Å². The maximum Gasteiger partial charge on any atom is 0.226 e. The minimum absolute atomic E-state index is 0.0629. The Kier molecular flexibility index (Phi) is 7.20. The van der Waals surface area contributed by atoms with Crippen molar-refractivity contribution in [2.75, 3.05) is 12.3 Å². The van der Waals surface area contributed by atoms with Gasteiger partial charge in [-0.3, -0.25) is 9.59 Å². The molecule has 0 aromatic carbocycles. The van der Waals surface area contributed by atoms with E-state index in [0.29, 0.717) is 24.3 Å². The van der Waals surface area contributed by atoms with Crippen molar-refractivity contribution >= 4 is 21.8 Å². The number of nitrogens with zero attached hydrogens (tertiary/aromatic N) is 2. The fourth-order valence-electron chi connectivity index (χ4n) is 6.82. The van der Waals surface area contributed by atoms with E-state index in [9.17, 15) is 18.0 Å². The Hall–Kier alpha value is -1.15. The van der Waals surface area contributed by atoms with E-state index in [1.807, 2.05) is 0 Å². The summed E-state index contributed by atoms with van der Waals surface area (Å²) in [6.07, 6.45) is 10.1. The molecule has 1 saturated heterocycles.